The first-order valence-corrected chi connectivity index (χ1v) is 15.8. The third kappa shape index (κ3) is 8.96. The minimum Gasteiger partial charge on any atom is -0.462 e. The number of allylic oxidation sites excluding steroid dienone is 2. The fourth-order valence-corrected chi connectivity index (χ4v) is 5.69. The van der Waals surface area contributed by atoms with E-state index in [2.05, 4.69) is 10.3 Å². The second-order valence-electron chi connectivity index (χ2n) is 12.2. The number of benzene rings is 2. The van der Waals surface area contributed by atoms with Crippen molar-refractivity contribution in [1.29, 1.82) is 0 Å². The van der Waals surface area contributed by atoms with Crippen molar-refractivity contribution in [3.8, 4) is 0 Å². The summed E-state index contributed by atoms with van der Waals surface area (Å²) >= 11 is 0. The average Bonchev–Trinajstić information content (AvgIpc) is 3.04. The van der Waals surface area contributed by atoms with Crippen LogP contribution in [0.3, 0.4) is 0 Å². The van der Waals surface area contributed by atoms with Gasteiger partial charge in [-0.05, 0) is 86.6 Å². The van der Waals surface area contributed by atoms with Gasteiger partial charge in [0.15, 0.2) is 0 Å². The predicted octanol–water partition coefficient (Wildman–Crippen LogP) is 6.82. The van der Waals surface area contributed by atoms with Crippen molar-refractivity contribution in [3.05, 3.63) is 112 Å². The van der Waals surface area contributed by atoms with Gasteiger partial charge in [0.2, 0.25) is 0 Å². The van der Waals surface area contributed by atoms with Gasteiger partial charge < -0.3 is 24.6 Å². The lowest BCUT2D eigenvalue weighted by atomic mass is 9.79. The van der Waals surface area contributed by atoms with Gasteiger partial charge >= 0.3 is 18.1 Å². The molecule has 0 unspecified atom stereocenters. The molecule has 2 heterocycles. The number of nitrogens with one attached hydrogen (secondary N) is 1. The van der Waals surface area contributed by atoms with E-state index in [1.165, 1.54) is 12.1 Å². The Morgan fingerprint density at radius 2 is 1.19 bits per heavy atom. The van der Waals surface area contributed by atoms with Crippen molar-refractivity contribution < 1.29 is 32.2 Å². The van der Waals surface area contributed by atoms with Crippen molar-refractivity contribution in [2.75, 3.05) is 51.2 Å². The number of alkyl halides is 3. The Labute approximate surface area is 280 Å². The van der Waals surface area contributed by atoms with Gasteiger partial charge in [0.05, 0.1) is 30.3 Å². The van der Waals surface area contributed by atoms with E-state index in [4.69, 9.17) is 9.47 Å². The second-order valence-corrected chi connectivity index (χ2v) is 12.2. The zero-order valence-electron chi connectivity index (χ0n) is 28.3. The lowest BCUT2D eigenvalue weighted by Gasteiger charge is -2.31. The molecule has 1 aliphatic heterocycles. The monoisotopic (exact) mass is 664 g/mol. The van der Waals surface area contributed by atoms with E-state index in [0.717, 1.165) is 28.7 Å². The van der Waals surface area contributed by atoms with Crippen LogP contribution in [0.15, 0.2) is 89.4 Å². The molecule has 0 saturated carbocycles. The number of pyridine rings is 1. The quantitative estimate of drug-likeness (QED) is 0.158. The van der Waals surface area contributed by atoms with Gasteiger partial charge in [-0.1, -0.05) is 30.3 Å². The molecular weight excluding hydrogens is 621 g/mol. The summed E-state index contributed by atoms with van der Waals surface area (Å²) in [7, 11) is 7.82. The van der Waals surface area contributed by atoms with E-state index in [9.17, 15) is 22.8 Å². The molecule has 0 radical (unpaired) electrons. The van der Waals surface area contributed by atoms with Crippen LogP contribution in [0.2, 0.25) is 0 Å². The summed E-state index contributed by atoms with van der Waals surface area (Å²) in [6, 6.07) is 18.6. The Hall–Kier alpha value is -4.80. The summed E-state index contributed by atoms with van der Waals surface area (Å²) in [6.07, 6.45) is -1.53. The number of nitrogens with zero attached hydrogens (tertiary/aromatic N) is 3. The molecule has 1 aliphatic rings. The molecule has 0 spiro atoms. The summed E-state index contributed by atoms with van der Waals surface area (Å²) in [5.41, 5.74) is 3.11. The predicted molar refractivity (Wildman–Crippen MR) is 181 cm³/mol. The van der Waals surface area contributed by atoms with Gasteiger partial charge in [0, 0.05) is 57.2 Å². The Kier molecular flexibility index (Phi) is 11.9. The van der Waals surface area contributed by atoms with Gasteiger partial charge in [-0.15, -0.1) is 0 Å². The molecule has 3 aromatic rings. The zero-order chi connectivity index (χ0) is 35.0. The molecule has 0 aliphatic carbocycles. The van der Waals surface area contributed by atoms with Crippen LogP contribution < -0.4 is 15.1 Å². The maximum Gasteiger partial charge on any atom is 0.433 e. The van der Waals surface area contributed by atoms with Crippen LogP contribution in [0.5, 0.6) is 0 Å². The minimum atomic E-state index is -4.84. The average molecular weight is 665 g/mol. The van der Waals surface area contributed by atoms with E-state index < -0.39 is 29.7 Å². The fourth-order valence-electron chi connectivity index (χ4n) is 5.69. The Balaban J connectivity index is 1.52. The van der Waals surface area contributed by atoms with Crippen molar-refractivity contribution in [1.82, 2.24) is 10.3 Å². The summed E-state index contributed by atoms with van der Waals surface area (Å²) in [4.78, 5) is 34.9. The van der Waals surface area contributed by atoms with Crippen LogP contribution >= 0.6 is 0 Å². The highest BCUT2D eigenvalue weighted by atomic mass is 19.4. The Morgan fingerprint density at radius 3 is 1.58 bits per heavy atom. The SMILES string of the molecule is CC1=C(C(=O)OCCCc2ccc(N(C)C)cc2)C(c2cccnc2C(F)(F)F)C(C(=O)OCCCc2ccc(N(C)C)cc2)=C(C)N1. The fraction of sp³-hybridized carbons (Fsp3) is 0.378. The number of rotatable bonds is 13. The number of dihydropyridines is 1. The number of ether oxygens (including phenoxy) is 2. The number of aryl methyl sites for hydroxylation is 2. The van der Waals surface area contributed by atoms with E-state index >= 15 is 0 Å². The lowest BCUT2D eigenvalue weighted by molar-refractivity contribution is -0.144. The van der Waals surface area contributed by atoms with E-state index in [1.54, 1.807) is 13.8 Å². The number of aromatic nitrogens is 1. The third-order valence-electron chi connectivity index (χ3n) is 8.21. The maximum absolute atomic E-state index is 14.3. The molecule has 0 atom stereocenters. The molecule has 1 N–H and O–H groups in total. The number of esters is 2. The number of hydrogen-bond acceptors (Lipinski definition) is 8. The van der Waals surface area contributed by atoms with Gasteiger partial charge in [-0.3, -0.25) is 4.98 Å². The molecule has 0 saturated heterocycles. The first kappa shape index (κ1) is 36.0. The summed E-state index contributed by atoms with van der Waals surface area (Å²) < 4.78 is 54.0. The molecule has 8 nitrogen and oxygen atoms in total. The first-order chi connectivity index (χ1) is 22.8. The van der Waals surface area contributed by atoms with Crippen molar-refractivity contribution in [2.24, 2.45) is 0 Å². The molecule has 4 rings (SSSR count). The topological polar surface area (TPSA) is 84.0 Å². The number of anilines is 2. The molecular formula is C37H43F3N4O4. The number of carbonyl (C=O) groups is 2. The van der Waals surface area contributed by atoms with Crippen LogP contribution in [0.1, 0.15) is 55.0 Å². The maximum atomic E-state index is 14.3. The Morgan fingerprint density at radius 1 is 0.750 bits per heavy atom. The minimum absolute atomic E-state index is 0.0366. The van der Waals surface area contributed by atoms with Crippen LogP contribution in [0, 0.1) is 0 Å². The molecule has 2 aromatic carbocycles. The molecule has 1 aromatic heterocycles. The number of halogens is 3. The molecule has 0 bridgehead atoms. The third-order valence-corrected chi connectivity index (χ3v) is 8.21. The van der Waals surface area contributed by atoms with Crippen molar-refractivity contribution in [2.45, 2.75) is 51.6 Å². The van der Waals surface area contributed by atoms with E-state index in [1.807, 2.05) is 86.5 Å². The van der Waals surface area contributed by atoms with E-state index in [0.29, 0.717) is 25.7 Å². The van der Waals surface area contributed by atoms with Crippen LogP contribution in [-0.4, -0.2) is 58.3 Å². The van der Waals surface area contributed by atoms with Crippen LogP contribution in [0.25, 0.3) is 0 Å². The standard InChI is InChI=1S/C37H43F3N4O4/c1-24-31(35(45)47-22-8-10-26-13-17-28(18-14-26)43(3)4)33(30-12-7-21-41-34(30)37(38,39)40)32(25(2)42-24)36(46)48-23-9-11-27-15-19-29(20-16-27)44(5)6/h7,12-21,33,42H,8-11,22-23H2,1-6H3. The molecule has 0 fully saturated rings. The van der Waals surface area contributed by atoms with Crippen LogP contribution in [-0.2, 0) is 38.1 Å². The second kappa shape index (κ2) is 15.9. The molecule has 48 heavy (non-hydrogen) atoms. The first-order valence-electron chi connectivity index (χ1n) is 15.8. The van der Waals surface area contributed by atoms with Gasteiger partial charge in [-0.2, -0.15) is 13.2 Å². The summed E-state index contributed by atoms with van der Waals surface area (Å²) in [5, 5.41) is 3.01. The molecule has 0 amide bonds. The molecule has 256 valence electrons. The smallest absolute Gasteiger partial charge is 0.433 e. The zero-order valence-corrected chi connectivity index (χ0v) is 28.3. The number of hydrogen-bond donors (Lipinski definition) is 1. The van der Waals surface area contributed by atoms with Crippen LogP contribution in [0.4, 0.5) is 24.5 Å². The highest BCUT2D eigenvalue weighted by molar-refractivity contribution is 6.00. The van der Waals surface area contributed by atoms with Gasteiger partial charge in [0.25, 0.3) is 0 Å². The number of carbonyl (C=O) groups excluding carboxylic acids is 2. The normalized spacial score (nSPS) is 13.7. The highest BCUT2D eigenvalue weighted by Gasteiger charge is 2.44. The lowest BCUT2D eigenvalue weighted by Crippen LogP contribution is -2.34. The Bertz CT molecular complexity index is 1550. The largest absolute Gasteiger partial charge is 0.462 e. The molecule has 11 heteroatoms. The summed E-state index contributed by atoms with van der Waals surface area (Å²) in [5.74, 6) is -3.04. The van der Waals surface area contributed by atoms with Crippen molar-refractivity contribution in [3.63, 3.8) is 0 Å². The summed E-state index contributed by atoms with van der Waals surface area (Å²) in [6.45, 7) is 3.23. The van der Waals surface area contributed by atoms with Gasteiger partial charge in [-0.25, -0.2) is 9.59 Å². The highest BCUT2D eigenvalue weighted by Crippen LogP contribution is 2.43. The van der Waals surface area contributed by atoms with Gasteiger partial charge in [0.1, 0.15) is 5.69 Å². The van der Waals surface area contributed by atoms with Crippen molar-refractivity contribution >= 4 is 23.3 Å². The van der Waals surface area contributed by atoms with E-state index in [-0.39, 0.29) is 41.3 Å².